The van der Waals surface area contributed by atoms with Crippen LogP contribution >= 0.6 is 0 Å². The Morgan fingerprint density at radius 1 is 0.419 bits per heavy atom. The van der Waals surface area contributed by atoms with Crippen LogP contribution in [0.4, 0.5) is 0 Å². The molecule has 0 saturated heterocycles. The van der Waals surface area contributed by atoms with Crippen molar-refractivity contribution in [2.24, 2.45) is 0 Å². The maximum Gasteiger partial charge on any atom is 0.311 e. The van der Waals surface area contributed by atoms with Crippen LogP contribution in [-0.4, -0.2) is 11.9 Å². The molecule has 1 aromatic carbocycles. The topological polar surface area (TPSA) is 52.6 Å². The Hall–Kier alpha value is -2.88. The predicted octanol–water partition coefficient (Wildman–Crippen LogP) is 19.1. The minimum atomic E-state index is -0.186. The van der Waals surface area contributed by atoms with Crippen molar-refractivity contribution >= 4 is 11.9 Å². The van der Waals surface area contributed by atoms with E-state index >= 15 is 0 Å². The van der Waals surface area contributed by atoms with E-state index in [1.54, 1.807) is 6.07 Å². The van der Waals surface area contributed by atoms with Gasteiger partial charge in [-0.1, -0.05) is 215 Å². The molecule has 0 aromatic heterocycles. The summed E-state index contributed by atoms with van der Waals surface area (Å²) in [5.74, 6) is 0.738. The lowest BCUT2D eigenvalue weighted by Gasteiger charge is -2.12. The Morgan fingerprint density at radius 2 is 0.774 bits per heavy atom. The number of hydrogen-bond acceptors (Lipinski definition) is 4. The van der Waals surface area contributed by atoms with E-state index in [-0.39, 0.29) is 11.9 Å². The fourth-order valence-corrected chi connectivity index (χ4v) is 8.08. The lowest BCUT2D eigenvalue weighted by atomic mass is 10.0. The van der Waals surface area contributed by atoms with E-state index in [4.69, 9.17) is 9.47 Å². The van der Waals surface area contributed by atoms with Gasteiger partial charge in [-0.05, 0) is 111 Å². The lowest BCUT2D eigenvalue weighted by Crippen LogP contribution is -2.10. The number of benzene rings is 1. The van der Waals surface area contributed by atoms with E-state index in [2.05, 4.69) is 72.8 Å². The summed E-state index contributed by atoms with van der Waals surface area (Å²) >= 11 is 0. The predicted molar refractivity (Wildman–Crippen MR) is 270 cm³/mol. The first-order valence-electron chi connectivity index (χ1n) is 26.3. The number of hydrogen-bond donors (Lipinski definition) is 0. The average Bonchev–Trinajstić information content (AvgIpc) is 3.24. The third-order valence-corrected chi connectivity index (χ3v) is 12.3. The Morgan fingerprint density at radius 3 is 1.18 bits per heavy atom. The van der Waals surface area contributed by atoms with Crippen molar-refractivity contribution in [3.05, 3.63) is 70.4 Å². The Balaban J connectivity index is 2.64. The summed E-state index contributed by atoms with van der Waals surface area (Å²) in [4.78, 5) is 25.9. The molecule has 0 radical (unpaired) electrons. The fraction of sp³-hybridized carbons (Fsp3) is 0.724. The first kappa shape index (κ1) is 57.1. The molecule has 0 aliphatic carbocycles. The van der Waals surface area contributed by atoms with Gasteiger partial charge in [-0.15, -0.1) is 0 Å². The second-order valence-corrected chi connectivity index (χ2v) is 19.0. The second-order valence-electron chi connectivity index (χ2n) is 19.0. The van der Waals surface area contributed by atoms with E-state index in [1.807, 2.05) is 12.1 Å². The molecular formula is C58H98O4. The molecule has 0 unspecified atom stereocenters. The van der Waals surface area contributed by atoms with Gasteiger partial charge >= 0.3 is 11.9 Å². The van der Waals surface area contributed by atoms with Crippen molar-refractivity contribution in [3.63, 3.8) is 0 Å². The van der Waals surface area contributed by atoms with Crippen LogP contribution in [0.3, 0.4) is 0 Å². The molecule has 0 aliphatic rings. The first-order chi connectivity index (χ1) is 30.1. The van der Waals surface area contributed by atoms with Crippen LogP contribution in [0.1, 0.15) is 272 Å². The van der Waals surface area contributed by atoms with Gasteiger partial charge < -0.3 is 9.47 Å². The van der Waals surface area contributed by atoms with Gasteiger partial charge in [-0.25, -0.2) is 0 Å². The SMILES string of the molecule is CCCCCCCCCCCCCCCC(=O)Oc1ccc(OC(=O)CCCCCCCCCCCCCCC)c(C/C=C(\C)CC/C=C(\C)CC/C=C(\C)CCC=C(C)C)c1. The van der Waals surface area contributed by atoms with Gasteiger partial charge in [0, 0.05) is 18.4 Å². The molecule has 0 N–H and O–H groups in total. The molecule has 0 aliphatic heterocycles. The number of rotatable bonds is 41. The molecule has 0 saturated carbocycles. The highest BCUT2D eigenvalue weighted by atomic mass is 16.5. The van der Waals surface area contributed by atoms with E-state index < -0.39 is 0 Å². The number of esters is 2. The molecule has 0 spiro atoms. The minimum Gasteiger partial charge on any atom is -0.427 e. The third kappa shape index (κ3) is 35.6. The number of carbonyl (C=O) groups is 2. The molecule has 4 heteroatoms. The van der Waals surface area contributed by atoms with Crippen LogP contribution in [0.5, 0.6) is 11.5 Å². The molecule has 1 rings (SSSR count). The molecule has 62 heavy (non-hydrogen) atoms. The maximum absolute atomic E-state index is 13.0. The highest BCUT2D eigenvalue weighted by molar-refractivity contribution is 5.74. The summed E-state index contributed by atoms with van der Waals surface area (Å²) in [6.07, 6.45) is 50.5. The quantitative estimate of drug-likeness (QED) is 0.0285. The summed E-state index contributed by atoms with van der Waals surface area (Å²) in [7, 11) is 0. The number of unbranched alkanes of at least 4 members (excludes halogenated alkanes) is 24. The number of carbonyl (C=O) groups excluding carboxylic acids is 2. The monoisotopic (exact) mass is 859 g/mol. The first-order valence-corrected chi connectivity index (χ1v) is 26.3. The smallest absolute Gasteiger partial charge is 0.311 e. The molecule has 1 aromatic rings. The zero-order chi connectivity index (χ0) is 45.3. The van der Waals surface area contributed by atoms with E-state index in [0.717, 1.165) is 69.8 Å². The van der Waals surface area contributed by atoms with Crippen LogP contribution in [0.2, 0.25) is 0 Å². The average molecular weight is 859 g/mol. The van der Waals surface area contributed by atoms with Crippen molar-refractivity contribution in [2.75, 3.05) is 0 Å². The van der Waals surface area contributed by atoms with E-state index in [9.17, 15) is 9.59 Å². The standard InChI is InChI=1S/C58H98O4/c1-8-10-12-14-16-18-20-22-24-26-28-30-32-43-57(59)61-55-47-48-56(62-58(60)44-33-31-29-27-25-23-21-19-17-15-13-11-9-2)54(49-55)46-45-53(7)42-36-41-52(6)40-35-39-51(5)38-34-37-50(3)4/h37,39,41,45,47-49H,8-36,38,40,42-44,46H2,1-7H3/b51-39+,52-41+,53-45+. The van der Waals surface area contributed by atoms with Gasteiger partial charge in [-0.3, -0.25) is 9.59 Å². The van der Waals surface area contributed by atoms with Crippen molar-refractivity contribution in [1.82, 2.24) is 0 Å². The van der Waals surface area contributed by atoms with Gasteiger partial charge in [-0.2, -0.15) is 0 Å². The second kappa shape index (κ2) is 40.9. The molecule has 0 bridgehead atoms. The van der Waals surface area contributed by atoms with Crippen LogP contribution in [0.25, 0.3) is 0 Å². The zero-order valence-electron chi connectivity index (χ0n) is 41.9. The number of allylic oxidation sites excluding steroid dienone is 8. The van der Waals surface area contributed by atoms with Gasteiger partial charge in [0.25, 0.3) is 0 Å². The van der Waals surface area contributed by atoms with E-state index in [0.29, 0.717) is 30.8 Å². The summed E-state index contributed by atoms with van der Waals surface area (Å²) in [5, 5.41) is 0. The summed E-state index contributed by atoms with van der Waals surface area (Å²) in [5.41, 5.74) is 6.50. The van der Waals surface area contributed by atoms with Gasteiger partial charge in [0.15, 0.2) is 0 Å². The summed E-state index contributed by atoms with van der Waals surface area (Å²) in [6.45, 7) is 15.6. The molecule has 0 amide bonds. The van der Waals surface area contributed by atoms with Gasteiger partial charge in [0.2, 0.25) is 0 Å². The largest absolute Gasteiger partial charge is 0.427 e. The van der Waals surface area contributed by atoms with Crippen LogP contribution < -0.4 is 9.47 Å². The van der Waals surface area contributed by atoms with Crippen molar-refractivity contribution < 1.29 is 19.1 Å². The Kier molecular flexibility index (Phi) is 37.7. The third-order valence-electron chi connectivity index (χ3n) is 12.3. The minimum absolute atomic E-state index is 0.180. The van der Waals surface area contributed by atoms with Crippen molar-refractivity contribution in [2.45, 2.75) is 273 Å². The maximum atomic E-state index is 13.0. The molecule has 354 valence electrons. The van der Waals surface area contributed by atoms with Crippen LogP contribution in [-0.2, 0) is 16.0 Å². The van der Waals surface area contributed by atoms with Gasteiger partial charge in [0.1, 0.15) is 11.5 Å². The summed E-state index contributed by atoms with van der Waals surface area (Å²) in [6, 6.07) is 5.50. The van der Waals surface area contributed by atoms with E-state index in [1.165, 1.54) is 164 Å². The van der Waals surface area contributed by atoms with Gasteiger partial charge in [0.05, 0.1) is 0 Å². The molecule has 4 nitrogen and oxygen atoms in total. The van der Waals surface area contributed by atoms with Crippen molar-refractivity contribution in [1.29, 1.82) is 0 Å². The Bertz CT molecular complexity index is 1390. The molecule has 0 heterocycles. The number of ether oxygens (including phenoxy) is 2. The highest BCUT2D eigenvalue weighted by Crippen LogP contribution is 2.27. The summed E-state index contributed by atoms with van der Waals surface area (Å²) < 4.78 is 11.8. The van der Waals surface area contributed by atoms with Crippen molar-refractivity contribution in [3.8, 4) is 11.5 Å². The van der Waals surface area contributed by atoms with Crippen LogP contribution in [0, 0.1) is 0 Å². The molecular weight excluding hydrogens is 761 g/mol. The normalized spacial score (nSPS) is 12.2. The molecule has 0 fully saturated rings. The highest BCUT2D eigenvalue weighted by Gasteiger charge is 2.13. The van der Waals surface area contributed by atoms with Crippen LogP contribution in [0.15, 0.2) is 64.8 Å². The zero-order valence-corrected chi connectivity index (χ0v) is 41.9. The Labute approximate surface area is 384 Å². The lowest BCUT2D eigenvalue weighted by molar-refractivity contribution is -0.135. The fourth-order valence-electron chi connectivity index (χ4n) is 8.08. The molecule has 0 atom stereocenters.